The summed E-state index contributed by atoms with van der Waals surface area (Å²) in [4.78, 5) is 17.2. The Bertz CT molecular complexity index is 1110. The number of carbonyl (C=O) groups is 1. The van der Waals surface area contributed by atoms with Crippen LogP contribution in [0.3, 0.4) is 0 Å². The van der Waals surface area contributed by atoms with Crippen LogP contribution in [0.25, 0.3) is 21.1 Å². The Balaban J connectivity index is 1.59. The van der Waals surface area contributed by atoms with Gasteiger partial charge in [-0.05, 0) is 43.7 Å². The van der Waals surface area contributed by atoms with Crippen LogP contribution in [0.4, 0.5) is 0 Å². The van der Waals surface area contributed by atoms with E-state index in [1.807, 2.05) is 41.3 Å². The van der Waals surface area contributed by atoms with Gasteiger partial charge in [0.2, 0.25) is 0 Å². The van der Waals surface area contributed by atoms with E-state index in [-0.39, 0.29) is 18.6 Å². The molecule has 26 heavy (non-hydrogen) atoms. The van der Waals surface area contributed by atoms with Crippen molar-refractivity contribution in [3.05, 3.63) is 58.7 Å². The molecule has 5 nitrogen and oxygen atoms in total. The molecule has 4 aromatic rings. The number of aryl methyl sites for hydroxylation is 1. The van der Waals surface area contributed by atoms with E-state index >= 15 is 0 Å². The first-order valence-electron chi connectivity index (χ1n) is 8.51. The van der Waals surface area contributed by atoms with Gasteiger partial charge in [-0.2, -0.15) is 5.10 Å². The molecule has 3 heterocycles. The molecule has 0 N–H and O–H groups in total. The Morgan fingerprint density at radius 2 is 2.12 bits per heavy atom. The van der Waals surface area contributed by atoms with Gasteiger partial charge in [-0.25, -0.2) is 14.5 Å². The third-order valence-electron chi connectivity index (χ3n) is 4.39. The van der Waals surface area contributed by atoms with Crippen molar-refractivity contribution >= 4 is 38.4 Å². The predicted molar refractivity (Wildman–Crippen MR) is 104 cm³/mol. The first-order chi connectivity index (χ1) is 12.5. The lowest BCUT2D eigenvalue weighted by atomic mass is 10.1. The molecule has 0 aliphatic heterocycles. The maximum absolute atomic E-state index is 12.6. The van der Waals surface area contributed by atoms with Gasteiger partial charge in [0.1, 0.15) is 6.61 Å². The molecule has 0 bridgehead atoms. The molecule has 0 unspecified atom stereocenters. The van der Waals surface area contributed by atoms with Gasteiger partial charge in [0.25, 0.3) is 0 Å². The SMILES string of the molecule is Cc1nc2c(cnn2C(C)C)cc1C(=O)OCc1csc2ccccc12. The fourth-order valence-electron chi connectivity index (χ4n) is 3.02. The molecule has 0 saturated heterocycles. The summed E-state index contributed by atoms with van der Waals surface area (Å²) in [6, 6.07) is 10.2. The lowest BCUT2D eigenvalue weighted by Crippen LogP contribution is -2.09. The Hall–Kier alpha value is -2.73. The van der Waals surface area contributed by atoms with Crippen LogP contribution in [0.1, 0.15) is 41.5 Å². The van der Waals surface area contributed by atoms with Crippen LogP contribution in [-0.4, -0.2) is 20.7 Å². The largest absolute Gasteiger partial charge is 0.457 e. The molecule has 0 radical (unpaired) electrons. The number of esters is 1. The number of benzene rings is 1. The Morgan fingerprint density at radius 3 is 2.92 bits per heavy atom. The number of aromatic nitrogens is 3. The quantitative estimate of drug-likeness (QED) is 0.483. The predicted octanol–water partition coefficient (Wildman–Crippen LogP) is 4.89. The summed E-state index contributed by atoms with van der Waals surface area (Å²) < 4.78 is 8.61. The monoisotopic (exact) mass is 365 g/mol. The lowest BCUT2D eigenvalue weighted by Gasteiger charge is -2.09. The summed E-state index contributed by atoms with van der Waals surface area (Å²) in [5.41, 5.74) is 2.96. The van der Waals surface area contributed by atoms with Crippen molar-refractivity contribution in [2.45, 2.75) is 33.4 Å². The molecule has 0 aliphatic carbocycles. The first kappa shape index (κ1) is 16.7. The number of pyridine rings is 1. The second kappa shape index (κ2) is 6.53. The minimum Gasteiger partial charge on any atom is -0.457 e. The highest BCUT2D eigenvalue weighted by atomic mass is 32.1. The van der Waals surface area contributed by atoms with Crippen molar-refractivity contribution in [2.24, 2.45) is 0 Å². The molecule has 0 saturated carbocycles. The number of thiophene rings is 1. The molecular formula is C20H19N3O2S. The zero-order valence-electron chi connectivity index (χ0n) is 14.9. The van der Waals surface area contributed by atoms with E-state index in [2.05, 4.69) is 30.0 Å². The fraction of sp³-hybridized carbons (Fsp3) is 0.250. The van der Waals surface area contributed by atoms with Crippen molar-refractivity contribution in [1.82, 2.24) is 14.8 Å². The van der Waals surface area contributed by atoms with Crippen LogP contribution in [0.2, 0.25) is 0 Å². The molecule has 6 heteroatoms. The van der Waals surface area contributed by atoms with Crippen molar-refractivity contribution < 1.29 is 9.53 Å². The third kappa shape index (κ3) is 2.86. The van der Waals surface area contributed by atoms with Crippen LogP contribution in [-0.2, 0) is 11.3 Å². The van der Waals surface area contributed by atoms with E-state index in [0.29, 0.717) is 11.3 Å². The van der Waals surface area contributed by atoms with Crippen LogP contribution in [0.5, 0.6) is 0 Å². The molecule has 132 valence electrons. The lowest BCUT2D eigenvalue weighted by molar-refractivity contribution is 0.0473. The number of hydrogen-bond acceptors (Lipinski definition) is 5. The second-order valence-electron chi connectivity index (χ2n) is 6.55. The van der Waals surface area contributed by atoms with Crippen LogP contribution in [0, 0.1) is 6.92 Å². The van der Waals surface area contributed by atoms with Gasteiger partial charge in [-0.15, -0.1) is 11.3 Å². The molecule has 0 fully saturated rings. The van der Waals surface area contributed by atoms with E-state index in [1.165, 1.54) is 4.70 Å². The zero-order chi connectivity index (χ0) is 18.3. The van der Waals surface area contributed by atoms with Crippen molar-refractivity contribution in [1.29, 1.82) is 0 Å². The highest BCUT2D eigenvalue weighted by Crippen LogP contribution is 2.27. The van der Waals surface area contributed by atoms with Gasteiger partial charge in [0.05, 0.1) is 17.5 Å². The molecule has 3 aromatic heterocycles. The summed E-state index contributed by atoms with van der Waals surface area (Å²) >= 11 is 1.66. The standard InChI is InChI=1S/C20H19N3O2S/c1-12(2)23-19-14(9-21-23)8-17(13(3)22-19)20(24)25-10-15-11-26-18-7-5-4-6-16(15)18/h4-9,11-12H,10H2,1-3H3. The Labute approximate surface area is 155 Å². The number of ether oxygens (including phenoxy) is 1. The van der Waals surface area contributed by atoms with E-state index in [1.54, 1.807) is 17.5 Å². The number of fused-ring (bicyclic) bond motifs is 2. The smallest absolute Gasteiger partial charge is 0.340 e. The molecule has 0 aliphatic rings. The van der Waals surface area contributed by atoms with Crippen molar-refractivity contribution in [3.63, 3.8) is 0 Å². The molecule has 0 spiro atoms. The third-order valence-corrected chi connectivity index (χ3v) is 5.40. The summed E-state index contributed by atoms with van der Waals surface area (Å²) in [6.07, 6.45) is 1.74. The van der Waals surface area contributed by atoms with Crippen LogP contribution >= 0.6 is 11.3 Å². The number of nitrogens with zero attached hydrogens (tertiary/aromatic N) is 3. The van der Waals surface area contributed by atoms with Gasteiger partial charge < -0.3 is 4.74 Å². The van der Waals surface area contributed by atoms with Crippen molar-refractivity contribution in [3.8, 4) is 0 Å². The fourth-order valence-corrected chi connectivity index (χ4v) is 3.96. The summed E-state index contributed by atoms with van der Waals surface area (Å²) in [6.45, 7) is 6.19. The van der Waals surface area contributed by atoms with Gasteiger partial charge >= 0.3 is 5.97 Å². The molecule has 0 amide bonds. The topological polar surface area (TPSA) is 57.0 Å². The number of rotatable bonds is 4. The van der Waals surface area contributed by atoms with E-state index in [0.717, 1.165) is 22.0 Å². The van der Waals surface area contributed by atoms with Gasteiger partial charge in [0, 0.05) is 21.7 Å². The normalized spacial score (nSPS) is 11.5. The molecular weight excluding hydrogens is 346 g/mol. The van der Waals surface area contributed by atoms with Gasteiger partial charge in [-0.1, -0.05) is 18.2 Å². The minimum atomic E-state index is -0.357. The minimum absolute atomic E-state index is 0.212. The van der Waals surface area contributed by atoms with E-state index in [9.17, 15) is 4.79 Å². The van der Waals surface area contributed by atoms with Gasteiger partial charge in [0.15, 0.2) is 5.65 Å². The summed E-state index contributed by atoms with van der Waals surface area (Å²) in [5.74, 6) is -0.357. The highest BCUT2D eigenvalue weighted by molar-refractivity contribution is 7.17. The maximum Gasteiger partial charge on any atom is 0.340 e. The number of hydrogen-bond donors (Lipinski definition) is 0. The van der Waals surface area contributed by atoms with E-state index < -0.39 is 0 Å². The molecule has 0 atom stereocenters. The zero-order valence-corrected chi connectivity index (χ0v) is 15.7. The average molecular weight is 365 g/mol. The van der Waals surface area contributed by atoms with Crippen LogP contribution < -0.4 is 0 Å². The average Bonchev–Trinajstić information content (AvgIpc) is 3.22. The van der Waals surface area contributed by atoms with Crippen molar-refractivity contribution in [2.75, 3.05) is 0 Å². The highest BCUT2D eigenvalue weighted by Gasteiger charge is 2.17. The maximum atomic E-state index is 12.6. The Kier molecular flexibility index (Phi) is 4.20. The van der Waals surface area contributed by atoms with E-state index in [4.69, 9.17) is 4.74 Å². The summed E-state index contributed by atoms with van der Waals surface area (Å²) in [5, 5.41) is 8.38. The molecule has 1 aromatic carbocycles. The first-order valence-corrected chi connectivity index (χ1v) is 9.39. The van der Waals surface area contributed by atoms with Crippen LogP contribution in [0.15, 0.2) is 41.9 Å². The van der Waals surface area contributed by atoms with Gasteiger partial charge in [-0.3, -0.25) is 0 Å². The number of carbonyl (C=O) groups excluding carboxylic acids is 1. The second-order valence-corrected chi connectivity index (χ2v) is 7.46. The molecule has 4 rings (SSSR count). The Morgan fingerprint density at radius 1 is 1.31 bits per heavy atom. The summed E-state index contributed by atoms with van der Waals surface area (Å²) in [7, 11) is 0.